The molecule has 0 saturated carbocycles. The van der Waals surface area contributed by atoms with Crippen molar-refractivity contribution >= 4 is 5.95 Å². The maximum atomic E-state index is 5.24. The minimum atomic E-state index is 0.608. The third-order valence-corrected chi connectivity index (χ3v) is 5.02. The van der Waals surface area contributed by atoms with E-state index >= 15 is 0 Å². The van der Waals surface area contributed by atoms with Crippen LogP contribution in [0.25, 0.3) is 0 Å². The van der Waals surface area contributed by atoms with Gasteiger partial charge in [0.25, 0.3) is 0 Å². The van der Waals surface area contributed by atoms with Crippen LogP contribution < -0.4 is 10.2 Å². The zero-order valence-corrected chi connectivity index (χ0v) is 13.5. The van der Waals surface area contributed by atoms with Crippen LogP contribution in [0.15, 0.2) is 6.20 Å². The number of piperidine rings is 1. The number of ether oxygens (including phenoxy) is 1. The second-order valence-corrected chi connectivity index (χ2v) is 6.45. The Balaban J connectivity index is 1.76. The average molecular weight is 292 g/mol. The lowest BCUT2D eigenvalue weighted by molar-refractivity contribution is 0.187. The van der Waals surface area contributed by atoms with E-state index in [1.165, 1.54) is 31.4 Å². The molecule has 2 atom stereocenters. The van der Waals surface area contributed by atoms with Crippen LogP contribution in [0.1, 0.15) is 38.3 Å². The molecule has 2 saturated heterocycles. The van der Waals surface area contributed by atoms with Crippen LogP contribution in [-0.2, 0) is 17.7 Å². The number of hydrogen-bond donors (Lipinski definition) is 1. The highest BCUT2D eigenvalue weighted by Crippen LogP contribution is 2.31. The predicted octanol–water partition coefficient (Wildman–Crippen LogP) is 1.81. The highest BCUT2D eigenvalue weighted by molar-refractivity contribution is 5.35. The van der Waals surface area contributed by atoms with Gasteiger partial charge in [-0.05, 0) is 32.1 Å². The van der Waals surface area contributed by atoms with E-state index in [1.807, 2.05) is 0 Å². The summed E-state index contributed by atoms with van der Waals surface area (Å²) in [6, 6.07) is 2.03. The Morgan fingerprint density at radius 2 is 2.10 bits per heavy atom. The number of hydrogen-bond acceptors (Lipinski definition) is 4. The van der Waals surface area contributed by atoms with Crippen LogP contribution in [0.3, 0.4) is 0 Å². The molecule has 0 amide bonds. The van der Waals surface area contributed by atoms with E-state index in [1.54, 1.807) is 7.11 Å². The van der Waals surface area contributed by atoms with Gasteiger partial charge in [-0.25, -0.2) is 4.98 Å². The van der Waals surface area contributed by atoms with Gasteiger partial charge in [-0.15, -0.1) is 0 Å². The third kappa shape index (κ3) is 3.09. The zero-order valence-electron chi connectivity index (χ0n) is 13.5. The summed E-state index contributed by atoms with van der Waals surface area (Å²) < 4.78 is 7.49. The second-order valence-electron chi connectivity index (χ2n) is 6.45. The van der Waals surface area contributed by atoms with Crippen molar-refractivity contribution in [1.82, 2.24) is 14.9 Å². The molecule has 1 aromatic rings. The van der Waals surface area contributed by atoms with Gasteiger partial charge in [-0.1, -0.05) is 6.92 Å². The Morgan fingerprint density at radius 3 is 2.71 bits per heavy atom. The number of nitrogens with one attached hydrogen (secondary N) is 1. The van der Waals surface area contributed by atoms with Crippen molar-refractivity contribution < 1.29 is 4.74 Å². The van der Waals surface area contributed by atoms with Crippen LogP contribution in [0.2, 0.25) is 0 Å². The van der Waals surface area contributed by atoms with Crippen LogP contribution in [0.4, 0.5) is 5.95 Å². The molecule has 3 heterocycles. The van der Waals surface area contributed by atoms with Gasteiger partial charge >= 0.3 is 0 Å². The van der Waals surface area contributed by atoms with Crippen molar-refractivity contribution in [1.29, 1.82) is 0 Å². The molecule has 5 nitrogen and oxygen atoms in total. The van der Waals surface area contributed by atoms with Crippen LogP contribution >= 0.6 is 0 Å². The van der Waals surface area contributed by atoms with Crippen molar-refractivity contribution in [2.45, 2.75) is 63.7 Å². The van der Waals surface area contributed by atoms with Crippen LogP contribution in [-0.4, -0.2) is 48.4 Å². The van der Waals surface area contributed by atoms with Crippen molar-refractivity contribution in [2.75, 3.05) is 25.7 Å². The first kappa shape index (κ1) is 14.9. The van der Waals surface area contributed by atoms with Gasteiger partial charge in [0.05, 0.1) is 12.3 Å². The maximum absolute atomic E-state index is 5.24. The number of methoxy groups -OCH3 is 1. The normalized spacial score (nSPS) is 28.0. The van der Waals surface area contributed by atoms with Crippen LogP contribution in [0.5, 0.6) is 0 Å². The lowest BCUT2D eigenvalue weighted by Gasteiger charge is -2.36. The largest absolute Gasteiger partial charge is 0.383 e. The molecule has 0 aromatic carbocycles. The number of aryl methyl sites for hydroxylation is 1. The fraction of sp³-hybridized carbons (Fsp3) is 0.812. The standard InChI is InChI=1S/C16H28N4O/c1-4-12-11-20(7-8-21-3)16(18-12)19(2)15-9-13-5-6-14(10-15)17-13/h11,13-15,17H,4-10H2,1-3H3. The van der Waals surface area contributed by atoms with E-state index in [4.69, 9.17) is 9.72 Å². The quantitative estimate of drug-likeness (QED) is 0.868. The van der Waals surface area contributed by atoms with E-state index < -0.39 is 0 Å². The summed E-state index contributed by atoms with van der Waals surface area (Å²) >= 11 is 0. The third-order valence-electron chi connectivity index (χ3n) is 5.02. The minimum absolute atomic E-state index is 0.608. The number of rotatable bonds is 6. The topological polar surface area (TPSA) is 42.3 Å². The molecule has 0 spiro atoms. The van der Waals surface area contributed by atoms with E-state index in [0.29, 0.717) is 18.1 Å². The fourth-order valence-corrected chi connectivity index (χ4v) is 3.77. The molecular weight excluding hydrogens is 264 g/mol. The average Bonchev–Trinajstić information content (AvgIpc) is 3.07. The monoisotopic (exact) mass is 292 g/mol. The van der Waals surface area contributed by atoms with Gasteiger partial charge in [0.2, 0.25) is 5.95 Å². The molecule has 2 aliphatic heterocycles. The Hall–Kier alpha value is -1.07. The summed E-state index contributed by atoms with van der Waals surface area (Å²) in [7, 11) is 3.96. The first-order valence-electron chi connectivity index (χ1n) is 8.25. The minimum Gasteiger partial charge on any atom is -0.383 e. The van der Waals surface area contributed by atoms with E-state index in [9.17, 15) is 0 Å². The van der Waals surface area contributed by atoms with Crippen molar-refractivity contribution in [3.8, 4) is 0 Å². The fourth-order valence-electron chi connectivity index (χ4n) is 3.77. The highest BCUT2D eigenvalue weighted by Gasteiger charge is 2.36. The molecule has 0 aliphatic carbocycles. The van der Waals surface area contributed by atoms with E-state index in [-0.39, 0.29) is 0 Å². The van der Waals surface area contributed by atoms with Crippen molar-refractivity contribution in [3.05, 3.63) is 11.9 Å². The summed E-state index contributed by atoms with van der Waals surface area (Å²) in [4.78, 5) is 7.24. The summed E-state index contributed by atoms with van der Waals surface area (Å²) in [6.07, 6.45) is 8.33. The maximum Gasteiger partial charge on any atom is 0.205 e. The van der Waals surface area contributed by atoms with Gasteiger partial charge in [0, 0.05) is 45.0 Å². The Morgan fingerprint density at radius 1 is 1.38 bits per heavy atom. The second kappa shape index (κ2) is 6.36. The number of anilines is 1. The molecule has 118 valence electrons. The number of nitrogens with zero attached hydrogens (tertiary/aromatic N) is 3. The first-order valence-corrected chi connectivity index (χ1v) is 8.25. The summed E-state index contributed by atoms with van der Waals surface area (Å²) in [5.74, 6) is 1.11. The molecular formula is C16H28N4O. The summed E-state index contributed by atoms with van der Waals surface area (Å²) in [6.45, 7) is 3.77. The molecule has 0 radical (unpaired) electrons. The predicted molar refractivity (Wildman–Crippen MR) is 84.9 cm³/mol. The molecule has 21 heavy (non-hydrogen) atoms. The van der Waals surface area contributed by atoms with Gasteiger partial charge in [-0.3, -0.25) is 0 Å². The Bertz CT molecular complexity index is 461. The lowest BCUT2D eigenvalue weighted by atomic mass is 9.99. The molecule has 3 rings (SSSR count). The number of fused-ring (bicyclic) bond motifs is 2. The van der Waals surface area contributed by atoms with Gasteiger partial charge < -0.3 is 19.5 Å². The molecule has 2 bridgehead atoms. The number of imidazole rings is 1. The molecule has 2 aliphatic rings. The lowest BCUT2D eigenvalue weighted by Crippen LogP contribution is -2.47. The smallest absolute Gasteiger partial charge is 0.205 e. The molecule has 2 unspecified atom stereocenters. The van der Waals surface area contributed by atoms with E-state index in [2.05, 4.69) is 35.0 Å². The highest BCUT2D eigenvalue weighted by atomic mass is 16.5. The molecule has 1 aromatic heterocycles. The molecule has 1 N–H and O–H groups in total. The number of aromatic nitrogens is 2. The van der Waals surface area contributed by atoms with Gasteiger partial charge in [-0.2, -0.15) is 0 Å². The summed E-state index contributed by atoms with van der Waals surface area (Å²) in [5, 5.41) is 3.72. The Labute approximate surface area is 127 Å². The van der Waals surface area contributed by atoms with Gasteiger partial charge in [0.1, 0.15) is 0 Å². The SMILES string of the molecule is CCc1cn(CCOC)c(N(C)C2CC3CCC(C2)N3)n1. The zero-order chi connectivity index (χ0) is 14.8. The molecule has 2 fully saturated rings. The van der Waals surface area contributed by atoms with Crippen molar-refractivity contribution in [2.24, 2.45) is 0 Å². The van der Waals surface area contributed by atoms with Crippen LogP contribution in [0, 0.1) is 0 Å². The first-order chi connectivity index (χ1) is 10.2. The summed E-state index contributed by atoms with van der Waals surface area (Å²) in [5.41, 5.74) is 1.17. The van der Waals surface area contributed by atoms with Gasteiger partial charge in [0.15, 0.2) is 0 Å². The van der Waals surface area contributed by atoms with E-state index in [0.717, 1.165) is 25.5 Å². The van der Waals surface area contributed by atoms with Crippen molar-refractivity contribution in [3.63, 3.8) is 0 Å². The Kier molecular flexibility index (Phi) is 4.50. The molecule has 5 heteroatoms.